The molecule has 0 saturated carbocycles. The summed E-state index contributed by atoms with van der Waals surface area (Å²) in [4.78, 5) is 27.0. The number of rotatable bonds is 4. The second-order valence-electron chi connectivity index (χ2n) is 6.12. The van der Waals surface area contributed by atoms with Crippen molar-refractivity contribution in [1.82, 2.24) is 10.2 Å². The molecule has 2 aliphatic heterocycles. The standard InChI is InChI=1S/C15H26N2O3S/c1-4-10(3)13-15(19)17(12(5-2)14(18)16-13)11-6-8-21(20)9-7-11/h10-13H,4-9H2,1-3H3,(H,16,18). The van der Waals surface area contributed by atoms with Gasteiger partial charge in [0.2, 0.25) is 11.8 Å². The molecule has 0 aromatic heterocycles. The van der Waals surface area contributed by atoms with Crippen molar-refractivity contribution in [2.45, 2.75) is 64.6 Å². The molecule has 2 saturated heterocycles. The Kier molecular flexibility index (Phi) is 5.41. The van der Waals surface area contributed by atoms with Crippen molar-refractivity contribution in [3.63, 3.8) is 0 Å². The molecule has 2 aliphatic rings. The lowest BCUT2D eigenvalue weighted by Crippen LogP contribution is -2.67. The van der Waals surface area contributed by atoms with Crippen molar-refractivity contribution in [1.29, 1.82) is 0 Å². The fraction of sp³-hybridized carbons (Fsp3) is 0.867. The quantitative estimate of drug-likeness (QED) is 0.843. The van der Waals surface area contributed by atoms with E-state index >= 15 is 0 Å². The fourth-order valence-corrected chi connectivity index (χ4v) is 4.52. The van der Waals surface area contributed by atoms with Crippen LogP contribution >= 0.6 is 0 Å². The highest BCUT2D eigenvalue weighted by atomic mass is 32.2. The maximum Gasteiger partial charge on any atom is 0.246 e. The summed E-state index contributed by atoms with van der Waals surface area (Å²) in [7, 11) is -0.756. The summed E-state index contributed by atoms with van der Waals surface area (Å²) >= 11 is 0. The summed E-state index contributed by atoms with van der Waals surface area (Å²) in [6.07, 6.45) is 2.98. The summed E-state index contributed by atoms with van der Waals surface area (Å²) in [6, 6.07) is -0.704. The van der Waals surface area contributed by atoms with Gasteiger partial charge in [-0.05, 0) is 25.2 Å². The van der Waals surface area contributed by atoms with Gasteiger partial charge in [0, 0.05) is 28.3 Å². The molecule has 0 aromatic carbocycles. The second kappa shape index (κ2) is 6.90. The molecule has 2 heterocycles. The first-order chi connectivity index (χ1) is 9.99. The van der Waals surface area contributed by atoms with Crippen LogP contribution in [0.5, 0.6) is 0 Å². The van der Waals surface area contributed by atoms with Crippen LogP contribution in [0.2, 0.25) is 0 Å². The lowest BCUT2D eigenvalue weighted by atomic mass is 9.91. The lowest BCUT2D eigenvalue weighted by Gasteiger charge is -2.45. The Bertz CT molecular complexity index is 431. The molecule has 1 N–H and O–H groups in total. The Labute approximate surface area is 129 Å². The molecule has 3 unspecified atom stereocenters. The number of nitrogens with zero attached hydrogens (tertiary/aromatic N) is 1. The molecule has 0 aliphatic carbocycles. The molecule has 2 fully saturated rings. The molecule has 21 heavy (non-hydrogen) atoms. The Morgan fingerprint density at radius 1 is 1.29 bits per heavy atom. The number of hydrogen-bond acceptors (Lipinski definition) is 3. The predicted molar refractivity (Wildman–Crippen MR) is 83.2 cm³/mol. The molecule has 0 bridgehead atoms. The van der Waals surface area contributed by atoms with E-state index in [-0.39, 0.29) is 29.8 Å². The molecule has 2 rings (SSSR count). The number of piperazine rings is 1. The van der Waals surface area contributed by atoms with Crippen LogP contribution in [0, 0.1) is 5.92 Å². The van der Waals surface area contributed by atoms with E-state index in [0.29, 0.717) is 17.9 Å². The molecule has 6 heteroatoms. The molecule has 5 nitrogen and oxygen atoms in total. The zero-order valence-corrected chi connectivity index (χ0v) is 13.9. The van der Waals surface area contributed by atoms with Gasteiger partial charge < -0.3 is 10.2 Å². The Hall–Kier alpha value is -0.910. The summed E-state index contributed by atoms with van der Waals surface area (Å²) in [5.41, 5.74) is 0. The molecule has 0 aromatic rings. The van der Waals surface area contributed by atoms with Crippen LogP contribution in [0.3, 0.4) is 0 Å². The van der Waals surface area contributed by atoms with E-state index in [1.807, 2.05) is 25.7 Å². The van der Waals surface area contributed by atoms with Crippen LogP contribution in [0.25, 0.3) is 0 Å². The molecule has 3 atom stereocenters. The Morgan fingerprint density at radius 3 is 2.43 bits per heavy atom. The molecular formula is C15H26N2O3S. The maximum atomic E-state index is 12.9. The fourth-order valence-electron chi connectivity index (χ4n) is 3.25. The van der Waals surface area contributed by atoms with Gasteiger partial charge in [-0.3, -0.25) is 13.8 Å². The third kappa shape index (κ3) is 3.30. The first-order valence-corrected chi connectivity index (χ1v) is 9.45. The molecule has 0 spiro atoms. The van der Waals surface area contributed by atoms with Crippen molar-refractivity contribution in [2.24, 2.45) is 5.92 Å². The van der Waals surface area contributed by atoms with E-state index in [1.54, 1.807) is 0 Å². The largest absolute Gasteiger partial charge is 0.342 e. The van der Waals surface area contributed by atoms with Crippen LogP contribution in [-0.4, -0.2) is 50.6 Å². The predicted octanol–water partition coefficient (Wildman–Crippen LogP) is 1.05. The van der Waals surface area contributed by atoms with Gasteiger partial charge in [-0.15, -0.1) is 0 Å². The minimum atomic E-state index is -0.756. The van der Waals surface area contributed by atoms with Gasteiger partial charge in [-0.2, -0.15) is 0 Å². The van der Waals surface area contributed by atoms with Gasteiger partial charge in [0.1, 0.15) is 12.1 Å². The van der Waals surface area contributed by atoms with Crippen LogP contribution in [0.1, 0.15) is 46.5 Å². The van der Waals surface area contributed by atoms with E-state index in [4.69, 9.17) is 0 Å². The highest BCUT2D eigenvalue weighted by Gasteiger charge is 2.44. The van der Waals surface area contributed by atoms with Crippen LogP contribution < -0.4 is 5.32 Å². The molecular weight excluding hydrogens is 288 g/mol. The summed E-state index contributed by atoms with van der Waals surface area (Å²) in [6.45, 7) is 5.97. The monoisotopic (exact) mass is 314 g/mol. The zero-order valence-electron chi connectivity index (χ0n) is 13.1. The third-order valence-corrected chi connectivity index (χ3v) is 6.19. The average molecular weight is 314 g/mol. The summed E-state index contributed by atoms with van der Waals surface area (Å²) in [5, 5.41) is 2.91. The summed E-state index contributed by atoms with van der Waals surface area (Å²) < 4.78 is 11.5. The number of amides is 2. The molecule has 2 amide bonds. The van der Waals surface area contributed by atoms with Gasteiger partial charge in [0.25, 0.3) is 0 Å². The lowest BCUT2D eigenvalue weighted by molar-refractivity contribution is -0.154. The van der Waals surface area contributed by atoms with Gasteiger partial charge in [0.15, 0.2) is 0 Å². The highest BCUT2D eigenvalue weighted by molar-refractivity contribution is 7.85. The Morgan fingerprint density at radius 2 is 1.90 bits per heavy atom. The van der Waals surface area contributed by atoms with E-state index in [1.165, 1.54) is 0 Å². The van der Waals surface area contributed by atoms with E-state index in [9.17, 15) is 13.8 Å². The average Bonchev–Trinajstić information content (AvgIpc) is 2.49. The van der Waals surface area contributed by atoms with Gasteiger partial charge >= 0.3 is 0 Å². The number of carbonyl (C=O) groups excluding carboxylic acids is 2. The van der Waals surface area contributed by atoms with Crippen LogP contribution in [-0.2, 0) is 20.4 Å². The van der Waals surface area contributed by atoms with Gasteiger partial charge in [-0.25, -0.2) is 0 Å². The molecule has 120 valence electrons. The van der Waals surface area contributed by atoms with Gasteiger partial charge in [0.05, 0.1) is 0 Å². The smallest absolute Gasteiger partial charge is 0.246 e. The van der Waals surface area contributed by atoms with Crippen LogP contribution in [0.4, 0.5) is 0 Å². The number of hydrogen-bond donors (Lipinski definition) is 1. The maximum absolute atomic E-state index is 12.9. The van der Waals surface area contributed by atoms with Crippen molar-refractivity contribution in [2.75, 3.05) is 11.5 Å². The van der Waals surface area contributed by atoms with Crippen molar-refractivity contribution in [3.05, 3.63) is 0 Å². The SMILES string of the molecule is CCC(C)C1NC(=O)C(CC)N(C2CCS(=O)CC2)C1=O. The van der Waals surface area contributed by atoms with Crippen molar-refractivity contribution in [3.8, 4) is 0 Å². The topological polar surface area (TPSA) is 66.5 Å². The number of carbonyl (C=O) groups is 2. The van der Waals surface area contributed by atoms with Crippen molar-refractivity contribution < 1.29 is 13.8 Å². The summed E-state index contributed by atoms with van der Waals surface area (Å²) in [5.74, 6) is 1.43. The number of nitrogens with one attached hydrogen (secondary N) is 1. The Balaban J connectivity index is 2.22. The van der Waals surface area contributed by atoms with Gasteiger partial charge in [-0.1, -0.05) is 27.2 Å². The minimum Gasteiger partial charge on any atom is -0.342 e. The normalized spacial score (nSPS) is 35.5. The van der Waals surface area contributed by atoms with E-state index < -0.39 is 16.8 Å². The second-order valence-corrected chi connectivity index (χ2v) is 7.82. The minimum absolute atomic E-state index is 0.0332. The van der Waals surface area contributed by atoms with E-state index in [2.05, 4.69) is 5.32 Å². The molecule has 0 radical (unpaired) electrons. The van der Waals surface area contributed by atoms with E-state index in [0.717, 1.165) is 19.3 Å². The highest BCUT2D eigenvalue weighted by Crippen LogP contribution is 2.26. The first kappa shape index (κ1) is 16.5. The van der Waals surface area contributed by atoms with Crippen molar-refractivity contribution >= 4 is 22.6 Å². The third-order valence-electron chi connectivity index (χ3n) is 4.81. The van der Waals surface area contributed by atoms with Crippen LogP contribution in [0.15, 0.2) is 0 Å². The first-order valence-electron chi connectivity index (χ1n) is 7.97. The zero-order chi connectivity index (χ0) is 15.6.